The molecule has 21 heavy (non-hydrogen) atoms. The Morgan fingerprint density at radius 3 is 2.24 bits per heavy atom. The number of hydrogen-bond acceptors (Lipinski definition) is 3. The van der Waals surface area contributed by atoms with Crippen LogP contribution in [0.2, 0.25) is 0 Å². The van der Waals surface area contributed by atoms with Crippen LogP contribution >= 0.6 is 11.8 Å². The average Bonchev–Trinajstić information content (AvgIpc) is 2.50. The van der Waals surface area contributed by atoms with Gasteiger partial charge in [-0.2, -0.15) is 11.8 Å². The maximum atomic E-state index is 11.4. The van der Waals surface area contributed by atoms with Crippen LogP contribution in [0.1, 0.15) is 22.3 Å². The highest BCUT2D eigenvalue weighted by Crippen LogP contribution is 2.22. The van der Waals surface area contributed by atoms with Crippen LogP contribution < -0.4 is 11.3 Å². The molecule has 0 atom stereocenters. The normalized spacial score (nSPS) is 10.4. The van der Waals surface area contributed by atoms with Crippen LogP contribution in [0.3, 0.4) is 0 Å². The number of carbonyl (C=O) groups is 1. The number of aryl methyl sites for hydroxylation is 1. The smallest absolute Gasteiger partial charge is 0.238 e. The lowest BCUT2D eigenvalue weighted by Gasteiger charge is -2.09. The van der Waals surface area contributed by atoms with Gasteiger partial charge in [-0.15, -0.1) is 0 Å². The summed E-state index contributed by atoms with van der Waals surface area (Å²) in [7, 11) is 0. The molecule has 0 fully saturated rings. The maximum absolute atomic E-state index is 11.4. The summed E-state index contributed by atoms with van der Waals surface area (Å²) >= 11 is 1.86. The Hall–Kier alpha value is -1.78. The third kappa shape index (κ3) is 4.62. The molecule has 4 heteroatoms. The fourth-order valence-corrected chi connectivity index (χ4v) is 3.29. The summed E-state index contributed by atoms with van der Waals surface area (Å²) in [5.74, 6) is 6.86. The van der Waals surface area contributed by atoms with Gasteiger partial charge in [0.1, 0.15) is 0 Å². The van der Waals surface area contributed by atoms with Gasteiger partial charge in [-0.1, -0.05) is 48.5 Å². The van der Waals surface area contributed by atoms with E-state index in [4.69, 9.17) is 5.84 Å². The van der Waals surface area contributed by atoms with Crippen molar-refractivity contribution in [2.24, 2.45) is 5.84 Å². The first-order chi connectivity index (χ1) is 10.2. The summed E-state index contributed by atoms with van der Waals surface area (Å²) in [5, 5.41) is 0. The average molecular weight is 300 g/mol. The first-order valence-corrected chi connectivity index (χ1v) is 8.04. The highest BCUT2D eigenvalue weighted by Gasteiger charge is 2.07. The lowest BCUT2D eigenvalue weighted by molar-refractivity contribution is -0.120. The first-order valence-electron chi connectivity index (χ1n) is 6.89. The molecule has 0 aliphatic rings. The topological polar surface area (TPSA) is 55.1 Å². The Kier molecular flexibility index (Phi) is 5.84. The van der Waals surface area contributed by atoms with Crippen molar-refractivity contribution in [3.63, 3.8) is 0 Å². The monoisotopic (exact) mass is 300 g/mol. The van der Waals surface area contributed by atoms with Crippen LogP contribution in [-0.2, 0) is 22.7 Å². The van der Waals surface area contributed by atoms with E-state index in [1.165, 1.54) is 16.7 Å². The molecule has 2 aromatic rings. The maximum Gasteiger partial charge on any atom is 0.238 e. The van der Waals surface area contributed by atoms with Crippen LogP contribution in [-0.4, -0.2) is 5.91 Å². The van der Waals surface area contributed by atoms with Crippen molar-refractivity contribution in [2.45, 2.75) is 24.9 Å². The van der Waals surface area contributed by atoms with E-state index in [0.717, 1.165) is 17.1 Å². The summed E-state index contributed by atoms with van der Waals surface area (Å²) < 4.78 is 0. The van der Waals surface area contributed by atoms with Gasteiger partial charge in [0.2, 0.25) is 5.91 Å². The van der Waals surface area contributed by atoms with Crippen molar-refractivity contribution in [3.8, 4) is 0 Å². The van der Waals surface area contributed by atoms with Crippen molar-refractivity contribution >= 4 is 17.7 Å². The van der Waals surface area contributed by atoms with Crippen molar-refractivity contribution in [2.75, 3.05) is 0 Å². The minimum absolute atomic E-state index is 0.161. The van der Waals surface area contributed by atoms with Crippen molar-refractivity contribution in [3.05, 3.63) is 70.8 Å². The van der Waals surface area contributed by atoms with Gasteiger partial charge in [0.15, 0.2) is 0 Å². The predicted octanol–water partition coefficient (Wildman–Crippen LogP) is 2.96. The van der Waals surface area contributed by atoms with E-state index in [1.807, 2.05) is 30.0 Å². The van der Waals surface area contributed by atoms with Gasteiger partial charge in [-0.25, -0.2) is 5.84 Å². The molecule has 0 heterocycles. The fraction of sp³-hybridized carbons (Fsp3) is 0.235. The summed E-state index contributed by atoms with van der Waals surface area (Å²) in [5.41, 5.74) is 7.10. The number of benzene rings is 2. The van der Waals surface area contributed by atoms with Gasteiger partial charge in [-0.05, 0) is 29.2 Å². The predicted molar refractivity (Wildman–Crippen MR) is 88.7 cm³/mol. The van der Waals surface area contributed by atoms with E-state index >= 15 is 0 Å². The van der Waals surface area contributed by atoms with Gasteiger partial charge < -0.3 is 0 Å². The minimum atomic E-state index is -0.161. The zero-order chi connectivity index (χ0) is 15.1. The second kappa shape index (κ2) is 7.86. The third-order valence-electron chi connectivity index (χ3n) is 3.41. The Morgan fingerprint density at radius 2 is 1.57 bits per heavy atom. The Morgan fingerprint density at radius 1 is 1.00 bits per heavy atom. The molecule has 2 aromatic carbocycles. The van der Waals surface area contributed by atoms with Crippen molar-refractivity contribution < 1.29 is 4.79 Å². The Balaban J connectivity index is 1.97. The molecular formula is C17H20N2OS. The number of hydrazine groups is 1. The third-order valence-corrected chi connectivity index (χ3v) is 4.44. The number of thioether (sulfide) groups is 1. The molecule has 0 radical (unpaired) electrons. The zero-order valence-electron chi connectivity index (χ0n) is 12.1. The van der Waals surface area contributed by atoms with Gasteiger partial charge in [0, 0.05) is 11.5 Å². The molecule has 3 N–H and O–H groups in total. The van der Waals surface area contributed by atoms with Crippen LogP contribution in [0.4, 0.5) is 0 Å². The van der Waals surface area contributed by atoms with Crippen LogP contribution in [0.15, 0.2) is 48.5 Å². The summed E-state index contributed by atoms with van der Waals surface area (Å²) in [6.45, 7) is 2.13. The summed E-state index contributed by atoms with van der Waals surface area (Å²) in [4.78, 5) is 11.4. The second-order valence-electron chi connectivity index (χ2n) is 4.93. The van der Waals surface area contributed by atoms with E-state index < -0.39 is 0 Å². The van der Waals surface area contributed by atoms with Crippen molar-refractivity contribution in [1.29, 1.82) is 0 Å². The van der Waals surface area contributed by atoms with Gasteiger partial charge in [0.05, 0.1) is 6.42 Å². The zero-order valence-corrected chi connectivity index (χ0v) is 13.0. The summed E-state index contributed by atoms with van der Waals surface area (Å²) in [6, 6.07) is 16.4. The molecule has 2 rings (SSSR count). The summed E-state index contributed by atoms with van der Waals surface area (Å²) in [6.07, 6.45) is 0.331. The molecule has 0 aliphatic heterocycles. The van der Waals surface area contributed by atoms with Crippen LogP contribution in [0.25, 0.3) is 0 Å². The molecule has 0 unspecified atom stereocenters. The molecule has 1 amide bonds. The number of rotatable bonds is 6. The minimum Gasteiger partial charge on any atom is -0.294 e. The SMILES string of the molecule is Cc1ccccc1CSCc1ccccc1CC(=O)NN. The van der Waals surface area contributed by atoms with Gasteiger partial charge in [0.25, 0.3) is 0 Å². The van der Waals surface area contributed by atoms with E-state index in [0.29, 0.717) is 6.42 Å². The molecule has 3 nitrogen and oxygen atoms in total. The number of hydrogen-bond donors (Lipinski definition) is 2. The highest BCUT2D eigenvalue weighted by molar-refractivity contribution is 7.97. The number of nitrogens with one attached hydrogen (secondary N) is 1. The first kappa shape index (κ1) is 15.6. The molecule has 0 aliphatic carbocycles. The van der Waals surface area contributed by atoms with E-state index in [9.17, 15) is 4.79 Å². The standard InChI is InChI=1S/C17H20N2OS/c1-13-6-2-3-8-15(13)11-21-12-16-9-5-4-7-14(16)10-17(20)19-18/h2-9H,10-12,18H2,1H3,(H,19,20). The van der Waals surface area contributed by atoms with E-state index in [-0.39, 0.29) is 5.91 Å². The van der Waals surface area contributed by atoms with Crippen LogP contribution in [0, 0.1) is 6.92 Å². The highest BCUT2D eigenvalue weighted by atomic mass is 32.2. The fourth-order valence-electron chi connectivity index (χ4n) is 2.14. The number of amides is 1. The molecule has 110 valence electrons. The molecule has 0 saturated heterocycles. The Bertz CT molecular complexity index is 613. The molecule has 0 aromatic heterocycles. The molecule has 0 saturated carbocycles. The molecule has 0 bridgehead atoms. The van der Waals surface area contributed by atoms with Gasteiger partial charge >= 0.3 is 0 Å². The largest absolute Gasteiger partial charge is 0.294 e. The van der Waals surface area contributed by atoms with Crippen molar-refractivity contribution in [1.82, 2.24) is 5.43 Å². The molecular weight excluding hydrogens is 280 g/mol. The second-order valence-corrected chi connectivity index (χ2v) is 5.92. The number of carbonyl (C=O) groups excluding carboxylic acids is 1. The lowest BCUT2D eigenvalue weighted by Crippen LogP contribution is -2.31. The number of nitrogens with two attached hydrogens (primary N) is 1. The van der Waals surface area contributed by atoms with E-state index in [2.05, 4.69) is 42.7 Å². The quantitative estimate of drug-likeness (QED) is 0.490. The van der Waals surface area contributed by atoms with Gasteiger partial charge in [-0.3, -0.25) is 10.2 Å². The Labute approximate surface area is 129 Å². The lowest BCUT2D eigenvalue weighted by atomic mass is 10.1. The van der Waals surface area contributed by atoms with E-state index in [1.54, 1.807) is 0 Å². The molecule has 0 spiro atoms. The van der Waals surface area contributed by atoms with Crippen LogP contribution in [0.5, 0.6) is 0 Å².